The standard InChI is InChI=1S/C40H68N2O12/c1-26(43)13-27(34(45)53-29-16-36(2,3)41(10)37(4,5)17-29)14-28(35(46)54-30-18-38(6,7)42(11)39(8,9)19-30)15-31(44)48-21-33-51-24-40(25-52-33)22-49-32(20-47-12)50-23-40/h27-30,32-33H,13-25H2,1-12H3. The van der Waals surface area contributed by atoms with E-state index in [1.807, 2.05) is 0 Å². The first kappa shape index (κ1) is 44.5. The minimum absolute atomic E-state index is 0.103. The molecule has 2 atom stereocenters. The summed E-state index contributed by atoms with van der Waals surface area (Å²) in [5.74, 6) is -4.06. The Kier molecular flexibility index (Phi) is 14.4. The van der Waals surface area contributed by atoms with Gasteiger partial charge in [0.15, 0.2) is 12.6 Å². The van der Waals surface area contributed by atoms with Crippen LogP contribution in [0.2, 0.25) is 0 Å². The highest BCUT2D eigenvalue weighted by Crippen LogP contribution is 2.40. The molecule has 0 amide bonds. The van der Waals surface area contributed by atoms with Gasteiger partial charge in [-0.25, -0.2) is 0 Å². The van der Waals surface area contributed by atoms with Gasteiger partial charge in [0.2, 0.25) is 0 Å². The van der Waals surface area contributed by atoms with Crippen molar-refractivity contribution in [1.29, 1.82) is 0 Å². The van der Waals surface area contributed by atoms with Gasteiger partial charge in [0.05, 0.1) is 56.7 Å². The Balaban J connectivity index is 1.44. The third-order valence-electron chi connectivity index (χ3n) is 12.3. The summed E-state index contributed by atoms with van der Waals surface area (Å²) in [5, 5.41) is 0. The van der Waals surface area contributed by atoms with Crippen molar-refractivity contribution in [2.75, 3.05) is 60.8 Å². The number of carbonyl (C=O) groups excluding carboxylic acids is 4. The van der Waals surface area contributed by atoms with Gasteiger partial charge in [-0.15, -0.1) is 0 Å². The van der Waals surface area contributed by atoms with Crippen LogP contribution in [0.15, 0.2) is 0 Å². The van der Waals surface area contributed by atoms with E-state index in [-0.39, 0.29) is 73.1 Å². The van der Waals surface area contributed by atoms with Gasteiger partial charge in [-0.05, 0) is 82.8 Å². The first-order chi connectivity index (χ1) is 25.0. The molecule has 0 bridgehead atoms. The third-order valence-corrected chi connectivity index (χ3v) is 12.3. The highest BCUT2D eigenvalue weighted by Gasteiger charge is 2.47. The molecule has 14 nitrogen and oxygen atoms in total. The Morgan fingerprint density at radius 1 is 0.630 bits per heavy atom. The molecule has 0 aromatic rings. The minimum atomic E-state index is -1.06. The molecule has 2 unspecified atom stereocenters. The van der Waals surface area contributed by atoms with E-state index in [9.17, 15) is 19.2 Å². The van der Waals surface area contributed by atoms with Gasteiger partial charge < -0.3 is 42.7 Å². The molecule has 4 saturated heterocycles. The Labute approximate surface area is 322 Å². The summed E-state index contributed by atoms with van der Waals surface area (Å²) in [5.41, 5.74) is -1.44. The SMILES string of the molecule is COCC1OCC2(CO1)COC(COC(=O)CC(CC(CC(C)=O)C(=O)OC1CC(C)(C)N(C)C(C)(C)C1)C(=O)OC1CC(C)(C)N(C)C(C)(C)C1)OC2. The molecule has 14 heteroatoms. The molecule has 0 N–H and O–H groups in total. The maximum atomic E-state index is 14.1. The van der Waals surface area contributed by atoms with E-state index in [2.05, 4.69) is 79.3 Å². The van der Waals surface area contributed by atoms with Crippen molar-refractivity contribution >= 4 is 23.7 Å². The van der Waals surface area contributed by atoms with Gasteiger partial charge in [0.1, 0.15) is 24.6 Å². The number of esters is 3. The van der Waals surface area contributed by atoms with Crippen molar-refractivity contribution in [2.24, 2.45) is 17.3 Å². The predicted octanol–water partition coefficient (Wildman–Crippen LogP) is 4.29. The van der Waals surface area contributed by atoms with Crippen LogP contribution in [0.5, 0.6) is 0 Å². The van der Waals surface area contributed by atoms with Crippen LogP contribution in [-0.2, 0) is 57.1 Å². The van der Waals surface area contributed by atoms with Crippen LogP contribution in [0.25, 0.3) is 0 Å². The second kappa shape index (κ2) is 17.5. The van der Waals surface area contributed by atoms with E-state index in [1.165, 1.54) is 6.92 Å². The number of likely N-dealkylation sites (tertiary alicyclic amines) is 2. The fourth-order valence-corrected chi connectivity index (χ4v) is 8.64. The Morgan fingerprint density at radius 3 is 1.37 bits per heavy atom. The molecule has 0 aliphatic carbocycles. The zero-order valence-corrected chi connectivity index (χ0v) is 34.9. The average Bonchev–Trinajstić information content (AvgIpc) is 3.05. The summed E-state index contributed by atoms with van der Waals surface area (Å²) >= 11 is 0. The zero-order chi connectivity index (χ0) is 40.3. The van der Waals surface area contributed by atoms with E-state index in [0.717, 1.165) is 0 Å². The zero-order valence-electron chi connectivity index (χ0n) is 34.9. The van der Waals surface area contributed by atoms with E-state index < -0.39 is 53.8 Å². The predicted molar refractivity (Wildman–Crippen MR) is 198 cm³/mol. The van der Waals surface area contributed by atoms with E-state index >= 15 is 0 Å². The smallest absolute Gasteiger partial charge is 0.309 e. The van der Waals surface area contributed by atoms with Crippen LogP contribution >= 0.6 is 0 Å². The van der Waals surface area contributed by atoms with Crippen LogP contribution in [-0.4, -0.2) is 141 Å². The van der Waals surface area contributed by atoms with Crippen molar-refractivity contribution < 1.29 is 57.1 Å². The maximum absolute atomic E-state index is 14.1. The van der Waals surface area contributed by atoms with Gasteiger partial charge in [0.25, 0.3) is 0 Å². The molecule has 4 heterocycles. The number of carbonyl (C=O) groups is 4. The topological polar surface area (TPSA) is 149 Å². The highest BCUT2D eigenvalue weighted by atomic mass is 16.7. The Bertz CT molecular complexity index is 1280. The molecule has 0 radical (unpaired) electrons. The normalized spacial score (nSPS) is 29.9. The lowest BCUT2D eigenvalue weighted by Crippen LogP contribution is -2.60. The molecular formula is C40H68N2O12. The van der Waals surface area contributed by atoms with Crippen LogP contribution in [0.3, 0.4) is 0 Å². The second-order valence-electron chi connectivity index (χ2n) is 18.8. The van der Waals surface area contributed by atoms with Crippen LogP contribution in [0.1, 0.15) is 107 Å². The molecule has 0 aromatic carbocycles. The summed E-state index contributed by atoms with van der Waals surface area (Å²) in [6.45, 7) is 19.8. The molecule has 54 heavy (non-hydrogen) atoms. The molecule has 310 valence electrons. The number of rotatable bonds is 14. The van der Waals surface area contributed by atoms with Crippen LogP contribution in [0, 0.1) is 17.3 Å². The van der Waals surface area contributed by atoms with E-state index in [0.29, 0.717) is 45.5 Å². The second-order valence-corrected chi connectivity index (χ2v) is 18.8. The molecule has 0 aromatic heterocycles. The molecule has 4 aliphatic rings. The van der Waals surface area contributed by atoms with Gasteiger partial charge in [-0.3, -0.25) is 24.2 Å². The van der Waals surface area contributed by atoms with Gasteiger partial charge in [-0.1, -0.05) is 0 Å². The lowest BCUT2D eigenvalue weighted by Gasteiger charge is -2.53. The molecule has 4 rings (SSSR count). The highest BCUT2D eigenvalue weighted by molar-refractivity contribution is 5.84. The summed E-state index contributed by atoms with van der Waals surface area (Å²) in [6.07, 6.45) is -0.200. The number of hydrogen-bond acceptors (Lipinski definition) is 14. The molecule has 4 fully saturated rings. The Hall–Kier alpha value is -2.20. The average molecular weight is 769 g/mol. The largest absolute Gasteiger partial charge is 0.462 e. The van der Waals surface area contributed by atoms with Crippen molar-refractivity contribution in [2.45, 2.75) is 154 Å². The van der Waals surface area contributed by atoms with Gasteiger partial charge >= 0.3 is 17.9 Å². The van der Waals surface area contributed by atoms with Crippen molar-refractivity contribution in [3.8, 4) is 0 Å². The number of ether oxygens (including phenoxy) is 8. The lowest BCUT2D eigenvalue weighted by atomic mass is 9.78. The van der Waals surface area contributed by atoms with Crippen molar-refractivity contribution in [3.05, 3.63) is 0 Å². The first-order valence-corrected chi connectivity index (χ1v) is 19.5. The molecule has 0 saturated carbocycles. The molecule has 1 spiro atoms. The van der Waals surface area contributed by atoms with Crippen LogP contribution in [0.4, 0.5) is 0 Å². The third kappa shape index (κ3) is 11.4. The number of piperidine rings is 2. The fraction of sp³-hybridized carbons (Fsp3) is 0.900. The summed E-state index contributed by atoms with van der Waals surface area (Å²) < 4.78 is 46.2. The van der Waals surface area contributed by atoms with Crippen molar-refractivity contribution in [3.63, 3.8) is 0 Å². The summed E-state index contributed by atoms with van der Waals surface area (Å²) in [7, 11) is 5.71. The summed E-state index contributed by atoms with van der Waals surface area (Å²) in [6, 6.07) is 0. The number of ketones is 1. The lowest BCUT2D eigenvalue weighted by molar-refractivity contribution is -0.311. The number of nitrogens with zero attached hydrogens (tertiary/aromatic N) is 2. The van der Waals surface area contributed by atoms with Gasteiger partial charge in [0, 0.05) is 61.4 Å². The monoisotopic (exact) mass is 768 g/mol. The van der Waals surface area contributed by atoms with E-state index in [4.69, 9.17) is 37.9 Å². The minimum Gasteiger partial charge on any atom is -0.462 e. The van der Waals surface area contributed by atoms with Crippen LogP contribution < -0.4 is 0 Å². The fourth-order valence-electron chi connectivity index (χ4n) is 8.64. The molecular weight excluding hydrogens is 700 g/mol. The first-order valence-electron chi connectivity index (χ1n) is 19.5. The Morgan fingerprint density at radius 2 is 1.00 bits per heavy atom. The number of methoxy groups -OCH3 is 1. The number of hydrogen-bond donors (Lipinski definition) is 0. The van der Waals surface area contributed by atoms with E-state index in [1.54, 1.807) is 7.11 Å². The number of Topliss-reactive ketones (excluding diaryl/α,β-unsaturated/α-hetero) is 1. The molecule has 4 aliphatic heterocycles. The summed E-state index contributed by atoms with van der Waals surface area (Å²) in [4.78, 5) is 58.5. The van der Waals surface area contributed by atoms with Gasteiger partial charge in [-0.2, -0.15) is 0 Å². The quantitative estimate of drug-likeness (QED) is 0.183. The van der Waals surface area contributed by atoms with Crippen molar-refractivity contribution in [1.82, 2.24) is 9.80 Å². The maximum Gasteiger partial charge on any atom is 0.309 e.